The van der Waals surface area contributed by atoms with E-state index in [1.165, 1.54) is 6.08 Å². The molecule has 1 aliphatic rings. The van der Waals surface area contributed by atoms with E-state index < -0.39 is 13.5 Å². The van der Waals surface area contributed by atoms with Gasteiger partial charge in [-0.25, -0.2) is 0 Å². The van der Waals surface area contributed by atoms with E-state index in [0.29, 0.717) is 6.42 Å². The third-order valence-electron chi connectivity index (χ3n) is 2.65. The lowest BCUT2D eigenvalue weighted by atomic mass is 9.83. The zero-order chi connectivity index (χ0) is 16.2. The van der Waals surface area contributed by atoms with Gasteiger partial charge in [-0.05, 0) is 31.8 Å². The second kappa shape index (κ2) is 11.6. The Morgan fingerprint density at radius 2 is 1.85 bits per heavy atom. The molecule has 1 unspecified atom stereocenters. The zero-order valence-corrected chi connectivity index (χ0v) is 13.6. The quantitative estimate of drug-likeness (QED) is 0.458. The Morgan fingerprint density at radius 3 is 2.20 bits per heavy atom. The molecule has 0 aliphatic carbocycles. The molecule has 0 aromatic rings. The molecule has 0 spiro atoms. The number of ether oxygens (including phenoxy) is 2. The number of aliphatic hydroxyl groups excluding tert-OH is 1. The van der Waals surface area contributed by atoms with Gasteiger partial charge in [0.2, 0.25) is 0 Å². The predicted molar refractivity (Wildman–Crippen MR) is 81.3 cm³/mol. The first-order valence-electron chi connectivity index (χ1n) is 6.34. The minimum absolute atomic E-state index is 0.313. The second-order valence-electron chi connectivity index (χ2n) is 4.31. The molecule has 0 amide bonds. The molecule has 20 heavy (non-hydrogen) atoms. The SMILES string of the molecule is CO.COC.[B]C1CCC[C@](/C=C/[P+](O)(O)O)(CC)O1. The van der Waals surface area contributed by atoms with E-state index >= 15 is 0 Å². The summed E-state index contributed by atoms with van der Waals surface area (Å²) in [5.41, 5.74) is -0.558. The topological polar surface area (TPSA) is 99.4 Å². The molecular weight excluding hydrogens is 282 g/mol. The molecule has 118 valence electrons. The van der Waals surface area contributed by atoms with Crippen LogP contribution in [0, 0.1) is 0 Å². The Bertz CT molecular complexity index is 259. The van der Waals surface area contributed by atoms with E-state index in [2.05, 4.69) is 4.74 Å². The summed E-state index contributed by atoms with van der Waals surface area (Å²) in [7, 11) is 6.08. The van der Waals surface area contributed by atoms with Crippen molar-refractivity contribution in [3.8, 4) is 0 Å². The lowest BCUT2D eigenvalue weighted by Crippen LogP contribution is -2.38. The van der Waals surface area contributed by atoms with Crippen LogP contribution in [0.2, 0.25) is 0 Å². The van der Waals surface area contributed by atoms with E-state index in [0.717, 1.165) is 32.2 Å². The highest BCUT2D eigenvalue weighted by Gasteiger charge is 2.35. The van der Waals surface area contributed by atoms with Crippen molar-refractivity contribution < 1.29 is 29.3 Å². The van der Waals surface area contributed by atoms with Crippen molar-refractivity contribution in [3.63, 3.8) is 0 Å². The molecule has 0 aromatic carbocycles. The molecule has 6 nitrogen and oxygen atoms in total. The lowest BCUT2D eigenvalue weighted by Gasteiger charge is -2.37. The summed E-state index contributed by atoms with van der Waals surface area (Å²) in [6, 6.07) is -0.313. The Morgan fingerprint density at radius 1 is 1.35 bits per heavy atom. The number of hydrogen-bond donors (Lipinski definition) is 4. The van der Waals surface area contributed by atoms with Crippen LogP contribution < -0.4 is 0 Å². The maximum atomic E-state index is 8.87. The number of aliphatic hydroxyl groups is 1. The van der Waals surface area contributed by atoms with Crippen molar-refractivity contribution in [1.29, 1.82) is 0 Å². The summed E-state index contributed by atoms with van der Waals surface area (Å²) in [6.07, 6.45) is 4.75. The minimum Gasteiger partial charge on any atom is -0.400 e. The Labute approximate surface area is 123 Å². The standard InChI is InChI=1S/C9H17BO4P.C2H6O.CH4O/c1-2-9(6-7-15(11,12)13)5-3-4-8(10)14-9;1-3-2;1-2/h6-8,11-13H,2-5H2,1H3;1-2H3;2H,1H3/q+1;;/b7-6+;;/t8?,9-;;/m0../s1. The lowest BCUT2D eigenvalue weighted by molar-refractivity contribution is -0.0659. The van der Waals surface area contributed by atoms with E-state index in [1.807, 2.05) is 6.92 Å². The second-order valence-corrected chi connectivity index (χ2v) is 5.83. The molecule has 0 saturated carbocycles. The van der Waals surface area contributed by atoms with Crippen molar-refractivity contribution in [2.75, 3.05) is 21.3 Å². The summed E-state index contributed by atoms with van der Waals surface area (Å²) in [5, 5.41) is 7.00. The Balaban J connectivity index is 0. The zero-order valence-electron chi connectivity index (χ0n) is 12.7. The van der Waals surface area contributed by atoms with Gasteiger partial charge in [0.05, 0.1) is 5.60 Å². The van der Waals surface area contributed by atoms with Crippen molar-refractivity contribution in [2.24, 2.45) is 0 Å². The van der Waals surface area contributed by atoms with Gasteiger partial charge >= 0.3 is 7.94 Å². The van der Waals surface area contributed by atoms with E-state index in [9.17, 15) is 0 Å². The van der Waals surface area contributed by atoms with Crippen LogP contribution in [-0.4, -0.2) is 60.6 Å². The first-order valence-corrected chi connectivity index (χ1v) is 8.06. The molecule has 1 aliphatic heterocycles. The third-order valence-corrected chi connectivity index (χ3v) is 3.20. The predicted octanol–water partition coefficient (Wildman–Crippen LogP) is 0.955. The first-order chi connectivity index (χ1) is 9.28. The highest BCUT2D eigenvalue weighted by atomic mass is 31.2. The molecule has 1 rings (SSSR count). The fourth-order valence-electron chi connectivity index (χ4n) is 1.76. The largest absolute Gasteiger partial charge is 0.433 e. The summed E-state index contributed by atoms with van der Waals surface area (Å²) in [5.74, 6) is 1.02. The molecule has 2 atom stereocenters. The van der Waals surface area contributed by atoms with Gasteiger partial charge in [0.1, 0.15) is 13.7 Å². The fourth-order valence-corrected chi connectivity index (χ4v) is 2.23. The third kappa shape index (κ3) is 10.7. The summed E-state index contributed by atoms with van der Waals surface area (Å²) in [6.45, 7) is 1.94. The van der Waals surface area contributed by atoms with Crippen LogP contribution in [0.3, 0.4) is 0 Å². The molecule has 0 bridgehead atoms. The molecule has 4 N–H and O–H groups in total. The molecule has 0 aromatic heterocycles. The highest BCUT2D eigenvalue weighted by molar-refractivity contribution is 7.61. The van der Waals surface area contributed by atoms with Crippen LogP contribution in [0.1, 0.15) is 32.6 Å². The normalized spacial score (nSPS) is 26.3. The molecule has 1 fully saturated rings. The maximum absolute atomic E-state index is 8.87. The summed E-state index contributed by atoms with van der Waals surface area (Å²) in [4.78, 5) is 26.6. The van der Waals surface area contributed by atoms with E-state index in [4.69, 9.17) is 32.4 Å². The van der Waals surface area contributed by atoms with Crippen LogP contribution in [0.4, 0.5) is 0 Å². The van der Waals surface area contributed by atoms with Crippen LogP contribution >= 0.6 is 7.94 Å². The van der Waals surface area contributed by atoms with Crippen molar-refractivity contribution in [1.82, 2.24) is 0 Å². The molecule has 1 saturated heterocycles. The first kappa shape index (κ1) is 22.3. The van der Waals surface area contributed by atoms with Crippen LogP contribution in [0.15, 0.2) is 11.9 Å². The van der Waals surface area contributed by atoms with Gasteiger partial charge in [-0.15, -0.1) is 0 Å². The Kier molecular flexibility index (Phi) is 13.0. The highest BCUT2D eigenvalue weighted by Crippen LogP contribution is 2.47. The molecular formula is C12H27BO6P+. The van der Waals surface area contributed by atoms with Gasteiger partial charge in [0.15, 0.2) is 0 Å². The summed E-state index contributed by atoms with van der Waals surface area (Å²) < 4.78 is 9.84. The minimum atomic E-state index is -3.86. The molecule has 8 heteroatoms. The number of methoxy groups -OCH3 is 1. The van der Waals surface area contributed by atoms with Gasteiger partial charge in [0, 0.05) is 27.3 Å². The fraction of sp³-hybridized carbons (Fsp3) is 0.833. The summed E-state index contributed by atoms with van der Waals surface area (Å²) >= 11 is 0. The molecule has 1 heterocycles. The van der Waals surface area contributed by atoms with Gasteiger partial charge in [-0.3, -0.25) is 0 Å². The maximum Gasteiger partial charge on any atom is 0.433 e. The van der Waals surface area contributed by atoms with Crippen molar-refractivity contribution in [3.05, 3.63) is 11.9 Å². The van der Waals surface area contributed by atoms with E-state index in [1.54, 1.807) is 14.2 Å². The van der Waals surface area contributed by atoms with Crippen molar-refractivity contribution in [2.45, 2.75) is 44.2 Å². The van der Waals surface area contributed by atoms with Crippen LogP contribution in [-0.2, 0) is 9.47 Å². The van der Waals surface area contributed by atoms with Gasteiger partial charge in [0.25, 0.3) is 0 Å². The van der Waals surface area contributed by atoms with Gasteiger partial charge in [-0.1, -0.05) is 6.92 Å². The van der Waals surface area contributed by atoms with Crippen LogP contribution in [0.25, 0.3) is 0 Å². The molecule has 2 radical (unpaired) electrons. The number of hydrogen-bond acceptors (Lipinski definition) is 6. The smallest absolute Gasteiger partial charge is 0.400 e. The van der Waals surface area contributed by atoms with Crippen molar-refractivity contribution >= 4 is 15.8 Å². The van der Waals surface area contributed by atoms with Gasteiger partial charge in [-0.2, -0.15) is 14.7 Å². The Hall–Kier alpha value is -0.00506. The van der Waals surface area contributed by atoms with E-state index in [-0.39, 0.29) is 6.00 Å². The van der Waals surface area contributed by atoms with Gasteiger partial charge < -0.3 is 14.6 Å². The average Bonchev–Trinajstić information content (AvgIpc) is 2.39. The number of rotatable bonds is 3. The monoisotopic (exact) mass is 309 g/mol. The van der Waals surface area contributed by atoms with Crippen LogP contribution in [0.5, 0.6) is 0 Å². The average molecular weight is 309 g/mol.